The van der Waals surface area contributed by atoms with E-state index in [1.165, 1.54) is 11.8 Å². The van der Waals surface area contributed by atoms with Crippen molar-refractivity contribution < 1.29 is 17.7 Å². The first-order chi connectivity index (χ1) is 13.9. The van der Waals surface area contributed by atoms with Gasteiger partial charge >= 0.3 is 12.1 Å². The third-order valence-electron chi connectivity index (χ3n) is 5.61. The molecule has 0 saturated carbocycles. The molecular weight excluding hydrogens is 383 g/mol. The van der Waals surface area contributed by atoms with E-state index >= 15 is 0 Å². The molecule has 2 aliphatic heterocycles. The van der Waals surface area contributed by atoms with E-state index in [9.17, 15) is 13.2 Å². The third-order valence-corrected chi connectivity index (χ3v) is 5.61. The number of nitrogens with zero attached hydrogens (tertiary/aromatic N) is 4. The van der Waals surface area contributed by atoms with Crippen LogP contribution >= 0.6 is 0 Å². The molecule has 2 aromatic heterocycles. The van der Waals surface area contributed by atoms with Gasteiger partial charge in [0, 0.05) is 36.4 Å². The second-order valence-corrected chi connectivity index (χ2v) is 7.64. The summed E-state index contributed by atoms with van der Waals surface area (Å²) in [5, 5.41) is 7.07. The van der Waals surface area contributed by atoms with Crippen LogP contribution < -0.4 is 10.2 Å². The number of anilines is 1. The molecule has 0 amide bonds. The van der Waals surface area contributed by atoms with Crippen molar-refractivity contribution in [3.05, 3.63) is 60.1 Å². The molecule has 5 rings (SSSR count). The van der Waals surface area contributed by atoms with Crippen molar-refractivity contribution >= 4 is 5.82 Å². The molecule has 6 nitrogen and oxygen atoms in total. The maximum Gasteiger partial charge on any atom is 0.471 e. The number of hydrogen-bond acceptors (Lipinski definition) is 6. The standard InChI is InChI=1S/C20H18F3N5O/c21-20(22,23)18-26-17(27-29-18)14-6-7-16(24-10-14)28-12-19(9-15(28)11-25-19)8-13-4-2-1-3-5-13/h1-7,10,15,25H,8-9,11-12H2. The topological polar surface area (TPSA) is 67.1 Å². The van der Waals surface area contributed by atoms with Crippen LogP contribution in [0, 0.1) is 0 Å². The van der Waals surface area contributed by atoms with Gasteiger partial charge in [-0.25, -0.2) is 4.98 Å². The van der Waals surface area contributed by atoms with Gasteiger partial charge in [0.1, 0.15) is 5.82 Å². The Morgan fingerprint density at radius 1 is 1.17 bits per heavy atom. The Morgan fingerprint density at radius 2 is 2.00 bits per heavy atom. The van der Waals surface area contributed by atoms with Crippen LogP contribution in [-0.2, 0) is 12.6 Å². The van der Waals surface area contributed by atoms with E-state index in [1.54, 1.807) is 12.1 Å². The van der Waals surface area contributed by atoms with Gasteiger partial charge in [-0.1, -0.05) is 35.5 Å². The van der Waals surface area contributed by atoms with Crippen LogP contribution in [0.25, 0.3) is 11.4 Å². The van der Waals surface area contributed by atoms with E-state index in [2.05, 4.69) is 42.0 Å². The van der Waals surface area contributed by atoms with Crippen molar-refractivity contribution in [2.75, 3.05) is 18.0 Å². The molecule has 3 aromatic rings. The third kappa shape index (κ3) is 3.35. The minimum atomic E-state index is -4.66. The van der Waals surface area contributed by atoms with Gasteiger partial charge in [-0.3, -0.25) is 0 Å². The summed E-state index contributed by atoms with van der Waals surface area (Å²) in [4.78, 5) is 10.1. The lowest BCUT2D eigenvalue weighted by Gasteiger charge is -2.34. The molecule has 0 radical (unpaired) electrons. The van der Waals surface area contributed by atoms with Gasteiger partial charge in [0.25, 0.3) is 0 Å². The Bertz CT molecular complexity index is 1000. The van der Waals surface area contributed by atoms with Crippen LogP contribution in [0.5, 0.6) is 0 Å². The number of piperazine rings is 1. The van der Waals surface area contributed by atoms with Crippen molar-refractivity contribution in [3.63, 3.8) is 0 Å². The summed E-state index contributed by atoms with van der Waals surface area (Å²) < 4.78 is 42.2. The summed E-state index contributed by atoms with van der Waals surface area (Å²) in [5.41, 5.74) is 1.69. The van der Waals surface area contributed by atoms with Gasteiger partial charge in [0.05, 0.1) is 0 Å². The van der Waals surface area contributed by atoms with E-state index < -0.39 is 12.1 Å². The summed E-state index contributed by atoms with van der Waals surface area (Å²) in [6.45, 7) is 1.72. The van der Waals surface area contributed by atoms with Crippen molar-refractivity contribution in [2.45, 2.75) is 30.6 Å². The lowest BCUT2D eigenvalue weighted by molar-refractivity contribution is -0.159. The number of pyridine rings is 1. The normalized spacial score (nSPS) is 23.7. The number of hydrogen-bond donors (Lipinski definition) is 1. The molecule has 2 unspecified atom stereocenters. The minimum absolute atomic E-state index is 0.0155. The highest BCUT2D eigenvalue weighted by atomic mass is 19.4. The summed E-state index contributed by atoms with van der Waals surface area (Å²) in [5.74, 6) is -0.682. The Morgan fingerprint density at radius 3 is 2.69 bits per heavy atom. The second kappa shape index (κ2) is 6.55. The Balaban J connectivity index is 1.33. The minimum Gasteiger partial charge on any atom is -0.350 e. The van der Waals surface area contributed by atoms with Crippen LogP contribution in [0.2, 0.25) is 0 Å². The largest absolute Gasteiger partial charge is 0.471 e. The number of fused-ring (bicyclic) bond motifs is 2. The van der Waals surface area contributed by atoms with E-state index in [0.29, 0.717) is 11.6 Å². The summed E-state index contributed by atoms with van der Waals surface area (Å²) >= 11 is 0. The number of halogens is 3. The molecule has 29 heavy (non-hydrogen) atoms. The number of nitrogens with one attached hydrogen (secondary N) is 1. The maximum atomic E-state index is 12.6. The first-order valence-corrected chi connectivity index (χ1v) is 9.35. The summed E-state index contributed by atoms with van der Waals surface area (Å²) in [6, 6.07) is 14.2. The molecule has 2 fully saturated rings. The molecule has 2 aliphatic rings. The molecule has 4 heterocycles. The van der Waals surface area contributed by atoms with E-state index in [-0.39, 0.29) is 11.4 Å². The SMILES string of the molecule is FC(F)(F)c1nc(-c2ccc(N3CC4(Cc5ccccc5)CC3CN4)nc2)no1. The molecule has 2 atom stereocenters. The quantitative estimate of drug-likeness (QED) is 0.724. The zero-order valence-electron chi connectivity index (χ0n) is 15.4. The lowest BCUT2D eigenvalue weighted by atomic mass is 9.91. The van der Waals surface area contributed by atoms with Gasteiger partial charge in [-0.05, 0) is 30.5 Å². The zero-order chi connectivity index (χ0) is 20.1. The van der Waals surface area contributed by atoms with Gasteiger partial charge in [-0.2, -0.15) is 18.2 Å². The highest BCUT2D eigenvalue weighted by Crippen LogP contribution is 2.38. The van der Waals surface area contributed by atoms with Gasteiger partial charge < -0.3 is 14.7 Å². The van der Waals surface area contributed by atoms with Crippen LogP contribution in [-0.4, -0.2) is 39.8 Å². The van der Waals surface area contributed by atoms with E-state index in [4.69, 9.17) is 0 Å². The number of benzene rings is 1. The average molecular weight is 401 g/mol. The smallest absolute Gasteiger partial charge is 0.350 e. The molecule has 0 spiro atoms. The van der Waals surface area contributed by atoms with E-state index in [1.807, 2.05) is 18.2 Å². The first-order valence-electron chi connectivity index (χ1n) is 9.35. The van der Waals surface area contributed by atoms with Crippen LogP contribution in [0.3, 0.4) is 0 Å². The first kappa shape index (κ1) is 18.1. The molecule has 1 aromatic carbocycles. The van der Waals surface area contributed by atoms with Crippen LogP contribution in [0.1, 0.15) is 17.9 Å². The lowest BCUT2D eigenvalue weighted by Crippen LogP contribution is -2.53. The van der Waals surface area contributed by atoms with Gasteiger partial charge in [0.2, 0.25) is 5.82 Å². The average Bonchev–Trinajstić information content (AvgIpc) is 3.43. The maximum absolute atomic E-state index is 12.6. The Labute approximate surface area is 164 Å². The molecule has 9 heteroatoms. The van der Waals surface area contributed by atoms with Crippen molar-refractivity contribution in [1.29, 1.82) is 0 Å². The number of aromatic nitrogens is 3. The van der Waals surface area contributed by atoms with Crippen molar-refractivity contribution in [2.24, 2.45) is 0 Å². The van der Waals surface area contributed by atoms with Gasteiger partial charge in [-0.15, -0.1) is 0 Å². The fourth-order valence-electron chi connectivity index (χ4n) is 4.32. The Hall–Kier alpha value is -2.94. The number of rotatable bonds is 4. The van der Waals surface area contributed by atoms with Crippen LogP contribution in [0.15, 0.2) is 53.2 Å². The molecule has 1 N–H and O–H groups in total. The highest BCUT2D eigenvalue weighted by Gasteiger charge is 2.49. The Kier molecular flexibility index (Phi) is 4.09. The predicted molar refractivity (Wildman–Crippen MR) is 99.2 cm³/mol. The highest BCUT2D eigenvalue weighted by molar-refractivity contribution is 5.57. The molecule has 150 valence electrons. The second-order valence-electron chi connectivity index (χ2n) is 7.64. The zero-order valence-corrected chi connectivity index (χ0v) is 15.4. The predicted octanol–water partition coefficient (Wildman–Crippen LogP) is 3.31. The fraction of sp³-hybridized carbons (Fsp3) is 0.350. The van der Waals surface area contributed by atoms with Crippen molar-refractivity contribution in [1.82, 2.24) is 20.4 Å². The van der Waals surface area contributed by atoms with Crippen molar-refractivity contribution in [3.8, 4) is 11.4 Å². The monoisotopic (exact) mass is 401 g/mol. The molecule has 2 saturated heterocycles. The van der Waals surface area contributed by atoms with Crippen LogP contribution in [0.4, 0.5) is 19.0 Å². The fourth-order valence-corrected chi connectivity index (χ4v) is 4.32. The summed E-state index contributed by atoms with van der Waals surface area (Å²) in [6.07, 6.45) is -1.19. The van der Waals surface area contributed by atoms with E-state index in [0.717, 1.165) is 31.7 Å². The van der Waals surface area contributed by atoms with Gasteiger partial charge in [0.15, 0.2) is 0 Å². The summed E-state index contributed by atoms with van der Waals surface area (Å²) in [7, 11) is 0. The molecule has 0 aliphatic carbocycles. The molecular formula is C20H18F3N5O. The molecule has 2 bridgehead atoms. The number of alkyl halides is 3.